The molecule has 162 valence electrons. The number of nitrogens with one attached hydrogen (secondary N) is 2. The van der Waals surface area contributed by atoms with Gasteiger partial charge in [0.2, 0.25) is 0 Å². The van der Waals surface area contributed by atoms with Gasteiger partial charge in [-0.1, -0.05) is 24.4 Å². The Hall–Kier alpha value is -2.42. The smallest absolute Gasteiger partial charge is 0.321 e. The number of hydrogen-bond donors (Lipinski definition) is 2. The number of carbonyl (C=O) groups excluding carboxylic acids is 2. The van der Waals surface area contributed by atoms with E-state index in [-0.39, 0.29) is 11.9 Å². The van der Waals surface area contributed by atoms with Gasteiger partial charge in [-0.3, -0.25) is 4.79 Å². The first-order valence-electron chi connectivity index (χ1n) is 10.2. The van der Waals surface area contributed by atoms with Gasteiger partial charge in [0.05, 0.1) is 14.9 Å². The highest BCUT2D eigenvalue weighted by atomic mass is 35.5. The van der Waals surface area contributed by atoms with E-state index in [0.29, 0.717) is 26.3 Å². The van der Waals surface area contributed by atoms with Crippen molar-refractivity contribution in [1.29, 1.82) is 0 Å². The second kappa shape index (κ2) is 9.80. The molecular formula is C22H23ClN4O2S2. The number of aryl methyl sites for hydroxylation is 1. The summed E-state index contributed by atoms with van der Waals surface area (Å²) < 4.78 is 0.692. The number of urea groups is 1. The zero-order valence-electron chi connectivity index (χ0n) is 17.1. The van der Waals surface area contributed by atoms with Crippen LogP contribution in [0.2, 0.25) is 4.34 Å². The van der Waals surface area contributed by atoms with E-state index in [0.717, 1.165) is 35.8 Å². The SMILES string of the molecule is Cc1nc(-c2ccc(Cl)s2)sc1C(=O)Nc1ccc(NC(=O)N2CCCCCC2)cc1. The van der Waals surface area contributed by atoms with Crippen molar-refractivity contribution in [3.8, 4) is 9.88 Å². The zero-order chi connectivity index (χ0) is 21.8. The fraction of sp³-hybridized carbons (Fsp3) is 0.318. The van der Waals surface area contributed by atoms with E-state index in [1.807, 2.05) is 24.0 Å². The quantitative estimate of drug-likeness (QED) is 0.453. The molecule has 3 heterocycles. The summed E-state index contributed by atoms with van der Waals surface area (Å²) in [5.74, 6) is -0.203. The number of thiazole rings is 1. The minimum Gasteiger partial charge on any atom is -0.325 e. The Bertz CT molecular complexity index is 1070. The highest BCUT2D eigenvalue weighted by Crippen LogP contribution is 2.35. The molecule has 1 aromatic carbocycles. The van der Waals surface area contributed by atoms with E-state index < -0.39 is 0 Å². The molecule has 0 unspecified atom stereocenters. The van der Waals surface area contributed by atoms with Crippen LogP contribution in [0.15, 0.2) is 36.4 Å². The van der Waals surface area contributed by atoms with Crippen molar-refractivity contribution >= 4 is 57.6 Å². The number of anilines is 2. The number of benzene rings is 1. The van der Waals surface area contributed by atoms with Gasteiger partial charge in [-0.05, 0) is 56.2 Å². The van der Waals surface area contributed by atoms with Crippen LogP contribution < -0.4 is 10.6 Å². The lowest BCUT2D eigenvalue weighted by Crippen LogP contribution is -2.35. The Balaban J connectivity index is 1.38. The maximum atomic E-state index is 12.7. The van der Waals surface area contributed by atoms with Gasteiger partial charge in [0.25, 0.3) is 5.91 Å². The van der Waals surface area contributed by atoms with Crippen molar-refractivity contribution in [1.82, 2.24) is 9.88 Å². The van der Waals surface area contributed by atoms with Crippen LogP contribution in [-0.2, 0) is 0 Å². The van der Waals surface area contributed by atoms with Crippen LogP contribution >= 0.6 is 34.3 Å². The summed E-state index contributed by atoms with van der Waals surface area (Å²) in [6.07, 6.45) is 4.47. The van der Waals surface area contributed by atoms with E-state index >= 15 is 0 Å². The predicted octanol–water partition coefficient (Wildman–Crippen LogP) is 6.49. The molecule has 0 radical (unpaired) electrons. The third-order valence-corrected chi connectivity index (χ3v) is 7.63. The van der Waals surface area contributed by atoms with Crippen molar-refractivity contribution in [2.45, 2.75) is 32.6 Å². The van der Waals surface area contributed by atoms with Gasteiger partial charge in [0.15, 0.2) is 0 Å². The van der Waals surface area contributed by atoms with E-state index in [1.165, 1.54) is 35.5 Å². The maximum Gasteiger partial charge on any atom is 0.321 e. The Morgan fingerprint density at radius 3 is 2.19 bits per heavy atom. The molecule has 0 saturated carbocycles. The second-order valence-electron chi connectivity index (χ2n) is 7.40. The van der Waals surface area contributed by atoms with Gasteiger partial charge in [0, 0.05) is 24.5 Å². The summed E-state index contributed by atoms with van der Waals surface area (Å²) >= 11 is 8.80. The Labute approximate surface area is 194 Å². The van der Waals surface area contributed by atoms with Crippen molar-refractivity contribution in [2.24, 2.45) is 0 Å². The van der Waals surface area contributed by atoms with Gasteiger partial charge in [0.1, 0.15) is 9.88 Å². The first-order valence-corrected chi connectivity index (χ1v) is 12.2. The van der Waals surface area contributed by atoms with Crippen LogP contribution in [0, 0.1) is 6.92 Å². The third-order valence-electron chi connectivity index (χ3n) is 5.07. The number of hydrogen-bond acceptors (Lipinski definition) is 5. The van der Waals surface area contributed by atoms with Crippen LogP contribution in [0.1, 0.15) is 41.0 Å². The molecule has 0 aliphatic carbocycles. The van der Waals surface area contributed by atoms with Gasteiger partial charge in [-0.2, -0.15) is 0 Å². The molecule has 2 aromatic heterocycles. The number of aromatic nitrogens is 1. The molecule has 0 atom stereocenters. The highest BCUT2D eigenvalue weighted by Gasteiger charge is 2.18. The van der Waals surface area contributed by atoms with Gasteiger partial charge in [-0.15, -0.1) is 22.7 Å². The summed E-state index contributed by atoms with van der Waals surface area (Å²) in [5, 5.41) is 6.63. The zero-order valence-corrected chi connectivity index (χ0v) is 19.5. The lowest BCUT2D eigenvalue weighted by atomic mass is 10.2. The molecule has 3 aromatic rings. The Morgan fingerprint density at radius 1 is 0.935 bits per heavy atom. The van der Waals surface area contributed by atoms with Crippen LogP contribution in [0.3, 0.4) is 0 Å². The first kappa shape index (κ1) is 21.8. The van der Waals surface area contributed by atoms with E-state index in [9.17, 15) is 9.59 Å². The number of rotatable bonds is 4. The topological polar surface area (TPSA) is 74.3 Å². The normalized spacial score (nSPS) is 14.2. The van der Waals surface area contributed by atoms with E-state index in [4.69, 9.17) is 11.6 Å². The summed E-state index contributed by atoms with van der Waals surface area (Å²) in [7, 11) is 0. The van der Waals surface area contributed by atoms with Gasteiger partial charge < -0.3 is 15.5 Å². The Morgan fingerprint density at radius 2 is 1.58 bits per heavy atom. The number of carbonyl (C=O) groups is 2. The minimum absolute atomic E-state index is 0.0693. The standard InChI is InChI=1S/C22H23ClN4O2S2/c1-14-19(31-21(24-14)17-10-11-18(23)30-17)20(28)25-15-6-8-16(9-7-15)26-22(29)27-12-4-2-3-5-13-27/h6-11H,2-5,12-13H2,1H3,(H,25,28)(H,26,29). The first-order chi connectivity index (χ1) is 15.0. The van der Waals surface area contributed by atoms with Gasteiger partial charge >= 0.3 is 6.03 Å². The molecular weight excluding hydrogens is 452 g/mol. The molecule has 4 rings (SSSR count). The van der Waals surface area contributed by atoms with Crippen LogP contribution in [0.4, 0.5) is 16.2 Å². The third kappa shape index (κ3) is 5.44. The molecule has 3 amide bonds. The summed E-state index contributed by atoms with van der Waals surface area (Å²) in [6, 6.07) is 10.8. The van der Waals surface area contributed by atoms with Gasteiger partial charge in [-0.25, -0.2) is 9.78 Å². The largest absolute Gasteiger partial charge is 0.325 e. The monoisotopic (exact) mass is 474 g/mol. The average Bonchev–Trinajstić information content (AvgIpc) is 3.24. The molecule has 1 aliphatic heterocycles. The summed E-state index contributed by atoms with van der Waals surface area (Å²) in [5.41, 5.74) is 2.05. The summed E-state index contributed by atoms with van der Waals surface area (Å²) in [4.78, 5) is 33.1. The predicted molar refractivity (Wildman–Crippen MR) is 129 cm³/mol. The average molecular weight is 475 g/mol. The van der Waals surface area contributed by atoms with Crippen molar-refractivity contribution < 1.29 is 9.59 Å². The maximum absolute atomic E-state index is 12.7. The number of nitrogens with zero attached hydrogens (tertiary/aromatic N) is 2. The van der Waals surface area contributed by atoms with Crippen LogP contribution in [-0.4, -0.2) is 34.9 Å². The molecule has 0 bridgehead atoms. The molecule has 1 fully saturated rings. The second-order valence-corrected chi connectivity index (χ2v) is 10.1. The fourth-order valence-corrected chi connectivity index (χ4v) is 5.50. The number of halogens is 1. The molecule has 6 nitrogen and oxygen atoms in total. The minimum atomic E-state index is -0.203. The van der Waals surface area contributed by atoms with E-state index in [2.05, 4.69) is 15.6 Å². The number of amides is 3. The molecule has 0 spiro atoms. The molecule has 1 saturated heterocycles. The van der Waals surface area contributed by atoms with Crippen molar-refractivity contribution in [3.05, 3.63) is 51.3 Å². The number of likely N-dealkylation sites (tertiary alicyclic amines) is 1. The van der Waals surface area contributed by atoms with Crippen LogP contribution in [0.25, 0.3) is 9.88 Å². The molecule has 2 N–H and O–H groups in total. The van der Waals surface area contributed by atoms with Crippen molar-refractivity contribution in [2.75, 3.05) is 23.7 Å². The molecule has 1 aliphatic rings. The Kier molecular flexibility index (Phi) is 6.89. The lowest BCUT2D eigenvalue weighted by Gasteiger charge is -2.20. The lowest BCUT2D eigenvalue weighted by molar-refractivity contribution is 0.102. The molecule has 31 heavy (non-hydrogen) atoms. The van der Waals surface area contributed by atoms with Crippen molar-refractivity contribution in [3.63, 3.8) is 0 Å². The fourth-order valence-electron chi connectivity index (χ4n) is 3.44. The summed E-state index contributed by atoms with van der Waals surface area (Å²) in [6.45, 7) is 3.42. The van der Waals surface area contributed by atoms with Crippen LogP contribution in [0.5, 0.6) is 0 Å². The number of thiophene rings is 1. The highest BCUT2D eigenvalue weighted by molar-refractivity contribution is 7.24. The molecule has 9 heteroatoms. The van der Waals surface area contributed by atoms with E-state index in [1.54, 1.807) is 24.3 Å².